The van der Waals surface area contributed by atoms with Crippen LogP contribution in [-0.4, -0.2) is 25.2 Å². The minimum absolute atomic E-state index is 0.859. The third-order valence-electron chi connectivity index (χ3n) is 2.70. The first-order valence-corrected chi connectivity index (χ1v) is 6.85. The quantitative estimate of drug-likeness (QED) is 0.763. The molecule has 4 heteroatoms. The highest BCUT2D eigenvalue weighted by Gasteiger charge is 2.01. The van der Waals surface area contributed by atoms with Crippen LogP contribution >= 0.6 is 11.3 Å². The molecule has 0 radical (unpaired) electrons. The SMILES string of the molecule is COCCCCCNc1nccc2sccc12. The number of unbranched alkanes of at least 4 members (excludes halogenated alkanes) is 2. The van der Waals surface area contributed by atoms with Gasteiger partial charge in [0.2, 0.25) is 0 Å². The van der Waals surface area contributed by atoms with Crippen molar-refractivity contribution in [2.75, 3.05) is 25.6 Å². The molecule has 3 nitrogen and oxygen atoms in total. The maximum atomic E-state index is 5.02. The van der Waals surface area contributed by atoms with Gasteiger partial charge < -0.3 is 10.1 Å². The number of rotatable bonds is 7. The average Bonchev–Trinajstić information content (AvgIpc) is 2.82. The van der Waals surface area contributed by atoms with E-state index in [9.17, 15) is 0 Å². The molecule has 0 atom stereocenters. The topological polar surface area (TPSA) is 34.1 Å². The fraction of sp³-hybridized carbons (Fsp3) is 0.462. The number of thiophene rings is 1. The molecule has 0 fully saturated rings. The third-order valence-corrected chi connectivity index (χ3v) is 3.58. The van der Waals surface area contributed by atoms with Crippen LogP contribution in [0.1, 0.15) is 19.3 Å². The van der Waals surface area contributed by atoms with E-state index in [1.165, 1.54) is 16.5 Å². The van der Waals surface area contributed by atoms with Crippen molar-refractivity contribution >= 4 is 27.2 Å². The van der Waals surface area contributed by atoms with E-state index in [0.717, 1.165) is 31.8 Å². The Morgan fingerprint density at radius 1 is 1.29 bits per heavy atom. The lowest BCUT2D eigenvalue weighted by Crippen LogP contribution is -2.03. The highest BCUT2D eigenvalue weighted by molar-refractivity contribution is 7.17. The van der Waals surface area contributed by atoms with Crippen LogP contribution in [0, 0.1) is 0 Å². The number of pyridine rings is 1. The van der Waals surface area contributed by atoms with E-state index < -0.39 is 0 Å². The summed E-state index contributed by atoms with van der Waals surface area (Å²) in [6.07, 6.45) is 5.35. The van der Waals surface area contributed by atoms with Crippen LogP contribution in [0.5, 0.6) is 0 Å². The van der Waals surface area contributed by atoms with Gasteiger partial charge in [0.15, 0.2) is 0 Å². The molecule has 0 aliphatic rings. The maximum absolute atomic E-state index is 5.02. The van der Waals surface area contributed by atoms with Crippen LogP contribution in [0.25, 0.3) is 10.1 Å². The van der Waals surface area contributed by atoms with Gasteiger partial charge in [0.25, 0.3) is 0 Å². The fourth-order valence-corrected chi connectivity index (χ4v) is 2.57. The average molecular weight is 250 g/mol. The molecule has 0 bridgehead atoms. The van der Waals surface area contributed by atoms with Crippen molar-refractivity contribution in [2.45, 2.75) is 19.3 Å². The van der Waals surface area contributed by atoms with E-state index in [4.69, 9.17) is 4.74 Å². The lowest BCUT2D eigenvalue weighted by Gasteiger charge is -2.06. The molecule has 0 aliphatic carbocycles. The van der Waals surface area contributed by atoms with Gasteiger partial charge in [-0.1, -0.05) is 0 Å². The van der Waals surface area contributed by atoms with Gasteiger partial charge in [-0.15, -0.1) is 11.3 Å². The Hall–Kier alpha value is -1.13. The molecule has 0 saturated carbocycles. The van der Waals surface area contributed by atoms with Gasteiger partial charge in [0, 0.05) is 36.5 Å². The summed E-state index contributed by atoms with van der Waals surface area (Å²) in [5, 5.41) is 6.74. The van der Waals surface area contributed by atoms with E-state index in [1.54, 1.807) is 18.4 Å². The molecule has 0 unspecified atom stereocenters. The summed E-state index contributed by atoms with van der Waals surface area (Å²) in [5.41, 5.74) is 0. The number of nitrogens with zero attached hydrogens (tertiary/aromatic N) is 1. The Bertz CT molecular complexity index is 455. The summed E-state index contributed by atoms with van der Waals surface area (Å²) >= 11 is 1.76. The zero-order valence-electron chi connectivity index (χ0n) is 10.1. The molecule has 2 rings (SSSR count). The fourth-order valence-electron chi connectivity index (χ4n) is 1.79. The van der Waals surface area contributed by atoms with Crippen LogP contribution in [0.4, 0.5) is 5.82 Å². The molecular weight excluding hydrogens is 232 g/mol. The van der Waals surface area contributed by atoms with Crippen LogP contribution in [0.3, 0.4) is 0 Å². The van der Waals surface area contributed by atoms with Gasteiger partial charge in [0.1, 0.15) is 5.82 Å². The third kappa shape index (κ3) is 3.41. The summed E-state index contributed by atoms with van der Waals surface area (Å²) in [5.74, 6) is 1.01. The van der Waals surface area contributed by atoms with E-state index in [-0.39, 0.29) is 0 Å². The maximum Gasteiger partial charge on any atom is 0.134 e. The van der Waals surface area contributed by atoms with Crippen LogP contribution in [-0.2, 0) is 4.74 Å². The largest absolute Gasteiger partial charge is 0.385 e. The predicted octanol–water partition coefficient (Wildman–Crippen LogP) is 3.52. The van der Waals surface area contributed by atoms with E-state index in [2.05, 4.69) is 27.8 Å². The molecule has 0 aliphatic heterocycles. The van der Waals surface area contributed by atoms with E-state index in [0.29, 0.717) is 0 Å². The number of hydrogen-bond acceptors (Lipinski definition) is 4. The number of nitrogens with one attached hydrogen (secondary N) is 1. The van der Waals surface area contributed by atoms with Crippen molar-refractivity contribution in [3.05, 3.63) is 23.7 Å². The normalized spacial score (nSPS) is 10.9. The lowest BCUT2D eigenvalue weighted by molar-refractivity contribution is 0.192. The first kappa shape index (κ1) is 12.3. The molecule has 0 saturated heterocycles. The second-order valence-electron chi connectivity index (χ2n) is 3.97. The van der Waals surface area contributed by atoms with Crippen molar-refractivity contribution in [2.24, 2.45) is 0 Å². The molecule has 2 aromatic rings. The van der Waals surface area contributed by atoms with Crippen molar-refractivity contribution in [3.63, 3.8) is 0 Å². The standard InChI is InChI=1S/C13H18N2OS/c1-16-9-4-2-3-7-14-13-11-6-10-17-12(11)5-8-15-13/h5-6,8,10H,2-4,7,9H2,1H3,(H,14,15). The van der Waals surface area contributed by atoms with Crippen molar-refractivity contribution in [1.29, 1.82) is 0 Å². The zero-order valence-corrected chi connectivity index (χ0v) is 10.9. The summed E-state index contributed by atoms with van der Waals surface area (Å²) < 4.78 is 6.32. The van der Waals surface area contributed by atoms with Crippen LogP contribution in [0.2, 0.25) is 0 Å². The first-order valence-electron chi connectivity index (χ1n) is 5.97. The Labute approximate surface area is 106 Å². The highest BCUT2D eigenvalue weighted by atomic mass is 32.1. The minimum atomic E-state index is 0.859. The number of fused-ring (bicyclic) bond motifs is 1. The highest BCUT2D eigenvalue weighted by Crippen LogP contribution is 2.25. The molecule has 1 N–H and O–H groups in total. The molecule has 2 aromatic heterocycles. The van der Waals surface area contributed by atoms with Crippen molar-refractivity contribution in [3.8, 4) is 0 Å². The Morgan fingerprint density at radius 2 is 2.24 bits per heavy atom. The number of hydrogen-bond donors (Lipinski definition) is 1. The predicted molar refractivity (Wildman–Crippen MR) is 73.8 cm³/mol. The summed E-state index contributed by atoms with van der Waals surface area (Å²) in [4.78, 5) is 4.38. The Balaban J connectivity index is 1.80. The molecular formula is C13H18N2OS. The van der Waals surface area contributed by atoms with Gasteiger partial charge in [0.05, 0.1) is 0 Å². The van der Waals surface area contributed by atoms with Crippen LogP contribution < -0.4 is 5.32 Å². The van der Waals surface area contributed by atoms with Gasteiger partial charge in [-0.25, -0.2) is 4.98 Å². The van der Waals surface area contributed by atoms with Gasteiger partial charge in [-0.3, -0.25) is 0 Å². The van der Waals surface area contributed by atoms with Crippen molar-refractivity contribution < 1.29 is 4.74 Å². The Morgan fingerprint density at radius 3 is 3.12 bits per heavy atom. The van der Waals surface area contributed by atoms with E-state index in [1.807, 2.05) is 6.20 Å². The van der Waals surface area contributed by atoms with Gasteiger partial charge in [-0.05, 0) is 36.8 Å². The molecule has 2 heterocycles. The Kier molecular flexibility index (Phi) is 4.76. The second-order valence-corrected chi connectivity index (χ2v) is 4.92. The minimum Gasteiger partial charge on any atom is -0.385 e. The number of aromatic nitrogens is 1. The molecule has 0 amide bonds. The first-order chi connectivity index (χ1) is 8.42. The van der Waals surface area contributed by atoms with Gasteiger partial charge >= 0.3 is 0 Å². The smallest absolute Gasteiger partial charge is 0.134 e. The second kappa shape index (κ2) is 6.57. The van der Waals surface area contributed by atoms with Gasteiger partial charge in [-0.2, -0.15) is 0 Å². The molecule has 0 spiro atoms. The molecule has 17 heavy (non-hydrogen) atoms. The lowest BCUT2D eigenvalue weighted by atomic mass is 10.2. The van der Waals surface area contributed by atoms with Crippen LogP contribution in [0.15, 0.2) is 23.7 Å². The molecule has 92 valence electrons. The number of anilines is 1. The number of methoxy groups -OCH3 is 1. The number of ether oxygens (including phenoxy) is 1. The summed E-state index contributed by atoms with van der Waals surface area (Å²) in [7, 11) is 1.75. The monoisotopic (exact) mass is 250 g/mol. The van der Waals surface area contributed by atoms with Crippen molar-refractivity contribution in [1.82, 2.24) is 4.98 Å². The van der Waals surface area contributed by atoms with E-state index >= 15 is 0 Å². The zero-order chi connectivity index (χ0) is 11.9. The molecule has 0 aromatic carbocycles. The summed E-state index contributed by atoms with van der Waals surface area (Å²) in [6, 6.07) is 4.18. The summed E-state index contributed by atoms with van der Waals surface area (Å²) in [6.45, 7) is 1.84.